The topological polar surface area (TPSA) is 94.9 Å². The van der Waals surface area contributed by atoms with Gasteiger partial charge in [-0.05, 0) is 32.6 Å². The molecule has 0 atom stereocenters. The van der Waals surface area contributed by atoms with Gasteiger partial charge in [0.2, 0.25) is 0 Å². The van der Waals surface area contributed by atoms with E-state index in [4.69, 9.17) is 5.73 Å². The molecule has 0 amide bonds. The SMILES string of the molecule is Cc1nc2c(c(=O)n1C)CN(Cc1nnc(C3CC(N)C3)n1C1CC1)C2. The lowest BCUT2D eigenvalue weighted by Crippen LogP contribution is -2.36. The van der Waals surface area contributed by atoms with Crippen LogP contribution in [0.3, 0.4) is 0 Å². The zero-order chi connectivity index (χ0) is 18.0. The highest BCUT2D eigenvalue weighted by Crippen LogP contribution is 2.42. The van der Waals surface area contributed by atoms with Crippen molar-refractivity contribution in [2.45, 2.75) is 70.2 Å². The maximum absolute atomic E-state index is 12.5. The van der Waals surface area contributed by atoms with Crippen LogP contribution in [0.2, 0.25) is 0 Å². The van der Waals surface area contributed by atoms with E-state index in [1.807, 2.05) is 6.92 Å². The van der Waals surface area contributed by atoms with Crippen LogP contribution in [0.5, 0.6) is 0 Å². The molecule has 2 aromatic rings. The van der Waals surface area contributed by atoms with E-state index in [2.05, 4.69) is 24.6 Å². The van der Waals surface area contributed by atoms with Crippen LogP contribution in [0.25, 0.3) is 0 Å². The van der Waals surface area contributed by atoms with Gasteiger partial charge in [0, 0.05) is 38.1 Å². The number of nitrogens with zero attached hydrogens (tertiary/aromatic N) is 6. The highest BCUT2D eigenvalue weighted by Gasteiger charge is 2.37. The van der Waals surface area contributed by atoms with Crippen molar-refractivity contribution in [2.24, 2.45) is 12.8 Å². The monoisotopic (exact) mass is 355 g/mol. The second kappa shape index (κ2) is 5.72. The van der Waals surface area contributed by atoms with E-state index in [0.29, 0.717) is 37.6 Å². The molecule has 3 heterocycles. The average molecular weight is 355 g/mol. The summed E-state index contributed by atoms with van der Waals surface area (Å²) >= 11 is 0. The van der Waals surface area contributed by atoms with Crippen molar-refractivity contribution in [3.63, 3.8) is 0 Å². The fourth-order valence-corrected chi connectivity index (χ4v) is 4.23. The first-order valence-electron chi connectivity index (χ1n) is 9.48. The second-order valence-corrected chi connectivity index (χ2v) is 8.10. The number of aryl methyl sites for hydroxylation is 1. The fourth-order valence-electron chi connectivity index (χ4n) is 4.23. The van der Waals surface area contributed by atoms with Gasteiger partial charge < -0.3 is 10.3 Å². The lowest BCUT2D eigenvalue weighted by Gasteiger charge is -2.32. The number of hydrogen-bond acceptors (Lipinski definition) is 6. The van der Waals surface area contributed by atoms with Gasteiger partial charge in [-0.3, -0.25) is 14.3 Å². The zero-order valence-electron chi connectivity index (χ0n) is 15.4. The summed E-state index contributed by atoms with van der Waals surface area (Å²) in [5.41, 5.74) is 7.77. The molecule has 0 radical (unpaired) electrons. The highest BCUT2D eigenvalue weighted by molar-refractivity contribution is 5.23. The molecule has 0 aromatic carbocycles. The van der Waals surface area contributed by atoms with Gasteiger partial charge in [-0.1, -0.05) is 0 Å². The molecule has 2 aromatic heterocycles. The lowest BCUT2D eigenvalue weighted by molar-refractivity contribution is 0.259. The number of hydrogen-bond donors (Lipinski definition) is 1. The Morgan fingerprint density at radius 1 is 1.19 bits per heavy atom. The van der Waals surface area contributed by atoms with Crippen LogP contribution in [0.15, 0.2) is 4.79 Å². The average Bonchev–Trinajstić information content (AvgIpc) is 3.22. The van der Waals surface area contributed by atoms with Crippen molar-refractivity contribution in [2.75, 3.05) is 0 Å². The Morgan fingerprint density at radius 2 is 1.96 bits per heavy atom. The predicted molar refractivity (Wildman–Crippen MR) is 95.4 cm³/mol. The summed E-state index contributed by atoms with van der Waals surface area (Å²) < 4.78 is 3.99. The Kier molecular flexibility index (Phi) is 3.55. The molecule has 1 aliphatic heterocycles. The molecule has 0 bridgehead atoms. The van der Waals surface area contributed by atoms with Crippen molar-refractivity contribution in [3.8, 4) is 0 Å². The van der Waals surface area contributed by atoms with Crippen LogP contribution in [-0.2, 0) is 26.7 Å². The number of rotatable bonds is 4. The molecule has 8 heteroatoms. The molecule has 0 saturated heterocycles. The van der Waals surface area contributed by atoms with E-state index < -0.39 is 0 Å². The van der Waals surface area contributed by atoms with Crippen molar-refractivity contribution in [1.29, 1.82) is 0 Å². The van der Waals surface area contributed by atoms with Gasteiger partial charge in [-0.15, -0.1) is 10.2 Å². The van der Waals surface area contributed by atoms with E-state index in [0.717, 1.165) is 41.6 Å². The van der Waals surface area contributed by atoms with E-state index in [9.17, 15) is 4.79 Å². The van der Waals surface area contributed by atoms with Gasteiger partial charge in [0.25, 0.3) is 5.56 Å². The first kappa shape index (κ1) is 16.1. The largest absolute Gasteiger partial charge is 0.328 e. The maximum Gasteiger partial charge on any atom is 0.258 e. The third-order valence-electron chi connectivity index (χ3n) is 6.06. The van der Waals surface area contributed by atoms with Gasteiger partial charge in [0.15, 0.2) is 0 Å². The molecule has 26 heavy (non-hydrogen) atoms. The minimum Gasteiger partial charge on any atom is -0.328 e. The number of fused-ring (bicyclic) bond motifs is 1. The van der Waals surface area contributed by atoms with Crippen LogP contribution in [0.1, 0.15) is 66.4 Å². The van der Waals surface area contributed by atoms with Gasteiger partial charge in [-0.25, -0.2) is 4.98 Å². The van der Waals surface area contributed by atoms with Gasteiger partial charge in [0.05, 0.1) is 17.8 Å². The molecule has 8 nitrogen and oxygen atoms in total. The van der Waals surface area contributed by atoms with Crippen LogP contribution in [0.4, 0.5) is 0 Å². The van der Waals surface area contributed by atoms with E-state index >= 15 is 0 Å². The first-order valence-corrected chi connectivity index (χ1v) is 9.48. The van der Waals surface area contributed by atoms with E-state index in [1.165, 1.54) is 12.8 Å². The van der Waals surface area contributed by atoms with Crippen LogP contribution >= 0.6 is 0 Å². The summed E-state index contributed by atoms with van der Waals surface area (Å²) in [7, 11) is 1.78. The first-order chi connectivity index (χ1) is 12.5. The molecule has 3 aliphatic rings. The molecule has 0 unspecified atom stereocenters. The summed E-state index contributed by atoms with van der Waals surface area (Å²) in [4.78, 5) is 19.3. The van der Waals surface area contributed by atoms with Crippen LogP contribution in [-0.4, -0.2) is 35.3 Å². The molecule has 2 N–H and O–H groups in total. The third kappa shape index (κ3) is 2.51. The maximum atomic E-state index is 12.5. The molecule has 0 spiro atoms. The quantitative estimate of drug-likeness (QED) is 0.869. The lowest BCUT2D eigenvalue weighted by atomic mass is 9.80. The molecular weight excluding hydrogens is 330 g/mol. The standard InChI is InChI=1S/C18H25N7O/c1-10-20-15-8-24(7-14(15)18(26)23(10)2)9-16-21-22-17(11-5-12(19)6-11)25(16)13-3-4-13/h11-13H,3-9,19H2,1-2H3. The Labute approximate surface area is 152 Å². The number of aromatic nitrogens is 5. The molecular formula is C18H25N7O. The zero-order valence-corrected chi connectivity index (χ0v) is 15.4. The Morgan fingerprint density at radius 3 is 2.65 bits per heavy atom. The molecule has 138 valence electrons. The van der Waals surface area contributed by atoms with Crippen molar-refractivity contribution in [1.82, 2.24) is 29.2 Å². The van der Waals surface area contributed by atoms with E-state index in [1.54, 1.807) is 11.6 Å². The highest BCUT2D eigenvalue weighted by atomic mass is 16.1. The normalized spacial score (nSPS) is 25.3. The summed E-state index contributed by atoms with van der Waals surface area (Å²) in [6, 6.07) is 0.858. The van der Waals surface area contributed by atoms with Crippen molar-refractivity contribution < 1.29 is 0 Å². The summed E-state index contributed by atoms with van der Waals surface area (Å²) in [5, 5.41) is 9.04. The predicted octanol–water partition coefficient (Wildman–Crippen LogP) is 0.736. The van der Waals surface area contributed by atoms with Gasteiger partial charge >= 0.3 is 0 Å². The van der Waals surface area contributed by atoms with Crippen molar-refractivity contribution in [3.05, 3.63) is 39.1 Å². The second-order valence-electron chi connectivity index (χ2n) is 8.10. The van der Waals surface area contributed by atoms with Crippen LogP contribution < -0.4 is 11.3 Å². The summed E-state index contributed by atoms with van der Waals surface area (Å²) in [5.74, 6) is 3.36. The minimum atomic E-state index is 0.0720. The smallest absolute Gasteiger partial charge is 0.258 e. The molecule has 2 fully saturated rings. The van der Waals surface area contributed by atoms with Crippen LogP contribution in [0, 0.1) is 6.92 Å². The van der Waals surface area contributed by atoms with Gasteiger partial charge in [-0.2, -0.15) is 0 Å². The minimum absolute atomic E-state index is 0.0720. The summed E-state index contributed by atoms with van der Waals surface area (Å²) in [6.07, 6.45) is 4.44. The third-order valence-corrected chi connectivity index (χ3v) is 6.06. The van der Waals surface area contributed by atoms with Gasteiger partial charge in [0.1, 0.15) is 17.5 Å². The number of nitrogens with two attached hydrogens (primary N) is 1. The Balaban J connectivity index is 1.39. The Hall–Kier alpha value is -2.06. The summed E-state index contributed by atoms with van der Waals surface area (Å²) in [6.45, 7) is 3.92. The Bertz CT molecular complexity index is 920. The molecule has 2 saturated carbocycles. The fraction of sp³-hybridized carbons (Fsp3) is 0.667. The molecule has 2 aliphatic carbocycles. The van der Waals surface area contributed by atoms with E-state index in [-0.39, 0.29) is 5.56 Å². The molecule has 5 rings (SSSR count). The van der Waals surface area contributed by atoms with Crippen molar-refractivity contribution >= 4 is 0 Å².